The second kappa shape index (κ2) is 6.57. The van der Waals surface area contributed by atoms with Crippen molar-refractivity contribution in [3.05, 3.63) is 59.0 Å². The third-order valence-electron chi connectivity index (χ3n) is 4.45. The lowest BCUT2D eigenvalue weighted by molar-refractivity contribution is -0.129. The van der Waals surface area contributed by atoms with Crippen molar-refractivity contribution in [2.75, 3.05) is 13.1 Å². The van der Waals surface area contributed by atoms with Gasteiger partial charge in [0.1, 0.15) is 6.33 Å². The normalized spacial score (nSPS) is 17.3. The van der Waals surface area contributed by atoms with Crippen molar-refractivity contribution >= 4 is 17.2 Å². The second-order valence-corrected chi connectivity index (χ2v) is 6.80. The van der Waals surface area contributed by atoms with Crippen LogP contribution in [0, 0.1) is 0 Å². The molecule has 3 heterocycles. The monoisotopic (exact) mass is 338 g/mol. The molecular formula is C18H18N4OS. The molecule has 6 heteroatoms. The van der Waals surface area contributed by atoms with E-state index in [1.165, 1.54) is 0 Å². The topological polar surface area (TPSA) is 51.0 Å². The molecule has 0 aliphatic carbocycles. The van der Waals surface area contributed by atoms with Gasteiger partial charge in [0.05, 0.1) is 12.5 Å². The summed E-state index contributed by atoms with van der Waals surface area (Å²) in [5, 5.41) is 12.4. The van der Waals surface area contributed by atoms with Gasteiger partial charge in [-0.25, -0.2) is 0 Å². The van der Waals surface area contributed by atoms with E-state index in [1.807, 2.05) is 52.1 Å². The van der Waals surface area contributed by atoms with E-state index in [2.05, 4.69) is 14.8 Å². The number of aromatic nitrogens is 3. The van der Waals surface area contributed by atoms with Gasteiger partial charge in [0.25, 0.3) is 0 Å². The van der Waals surface area contributed by atoms with Crippen LogP contribution in [0.2, 0.25) is 0 Å². The third-order valence-corrected chi connectivity index (χ3v) is 5.18. The van der Waals surface area contributed by atoms with E-state index in [1.54, 1.807) is 17.7 Å². The molecule has 1 unspecified atom stereocenters. The quantitative estimate of drug-likeness (QED) is 0.735. The molecular weight excluding hydrogens is 320 g/mol. The smallest absolute Gasteiger partial charge is 0.227 e. The van der Waals surface area contributed by atoms with Crippen molar-refractivity contribution in [2.45, 2.75) is 18.9 Å². The summed E-state index contributed by atoms with van der Waals surface area (Å²) in [6.07, 6.45) is 3.21. The van der Waals surface area contributed by atoms with Crippen molar-refractivity contribution in [3.63, 3.8) is 0 Å². The molecule has 5 nitrogen and oxygen atoms in total. The zero-order valence-electron chi connectivity index (χ0n) is 13.2. The Morgan fingerprint density at radius 3 is 2.92 bits per heavy atom. The predicted octanol–water partition coefficient (Wildman–Crippen LogP) is 3.02. The summed E-state index contributed by atoms with van der Waals surface area (Å²) < 4.78 is 2.10. The van der Waals surface area contributed by atoms with Crippen LogP contribution >= 0.6 is 11.3 Å². The summed E-state index contributed by atoms with van der Waals surface area (Å²) in [6, 6.07) is 12.3. The molecule has 0 spiro atoms. The highest BCUT2D eigenvalue weighted by Gasteiger charge is 2.29. The van der Waals surface area contributed by atoms with Gasteiger partial charge in [-0.05, 0) is 28.8 Å². The number of thiophene rings is 1. The standard InChI is InChI=1S/C18H18N4OS/c23-17(10-14-7-9-24-12-14)21-8-6-16(11-21)22-13-19-20-18(22)15-4-2-1-3-5-15/h1-5,7,9,12-13,16H,6,8,10-11H2. The Kier molecular flexibility index (Phi) is 4.13. The van der Waals surface area contributed by atoms with Crippen molar-refractivity contribution in [1.82, 2.24) is 19.7 Å². The summed E-state index contributed by atoms with van der Waals surface area (Å²) in [7, 11) is 0. The number of amides is 1. The third kappa shape index (κ3) is 2.97. The molecule has 1 aliphatic heterocycles. The Morgan fingerprint density at radius 1 is 1.25 bits per heavy atom. The maximum Gasteiger partial charge on any atom is 0.227 e. The number of hydrogen-bond acceptors (Lipinski definition) is 4. The highest BCUT2D eigenvalue weighted by atomic mass is 32.1. The first-order valence-corrected chi connectivity index (χ1v) is 8.99. The molecule has 0 bridgehead atoms. The minimum absolute atomic E-state index is 0.199. The molecule has 1 aromatic carbocycles. The molecule has 1 fully saturated rings. The van der Waals surface area contributed by atoms with Gasteiger partial charge in [-0.15, -0.1) is 10.2 Å². The molecule has 0 radical (unpaired) electrons. The zero-order valence-corrected chi connectivity index (χ0v) is 14.0. The zero-order chi connectivity index (χ0) is 16.4. The minimum Gasteiger partial charge on any atom is -0.340 e. The van der Waals surface area contributed by atoms with Gasteiger partial charge >= 0.3 is 0 Å². The molecule has 1 amide bonds. The van der Waals surface area contributed by atoms with E-state index in [0.29, 0.717) is 6.42 Å². The van der Waals surface area contributed by atoms with Crippen molar-refractivity contribution in [1.29, 1.82) is 0 Å². The first kappa shape index (κ1) is 15.1. The minimum atomic E-state index is 0.199. The van der Waals surface area contributed by atoms with Crippen LogP contribution in [-0.2, 0) is 11.2 Å². The average Bonchev–Trinajstić information content (AvgIpc) is 3.36. The van der Waals surface area contributed by atoms with Crippen LogP contribution in [0.4, 0.5) is 0 Å². The summed E-state index contributed by atoms with van der Waals surface area (Å²) in [6.45, 7) is 1.51. The first-order valence-electron chi connectivity index (χ1n) is 8.05. The fourth-order valence-electron chi connectivity index (χ4n) is 3.18. The number of nitrogens with zero attached hydrogens (tertiary/aromatic N) is 4. The fourth-order valence-corrected chi connectivity index (χ4v) is 3.85. The van der Waals surface area contributed by atoms with Gasteiger partial charge in [0, 0.05) is 18.7 Å². The Balaban J connectivity index is 1.48. The summed E-state index contributed by atoms with van der Waals surface area (Å²) >= 11 is 1.63. The molecule has 24 heavy (non-hydrogen) atoms. The van der Waals surface area contributed by atoms with Crippen LogP contribution in [0.1, 0.15) is 18.0 Å². The van der Waals surface area contributed by atoms with Gasteiger partial charge in [-0.2, -0.15) is 11.3 Å². The molecule has 122 valence electrons. The molecule has 1 saturated heterocycles. The van der Waals surface area contributed by atoms with Gasteiger partial charge in [0.2, 0.25) is 5.91 Å². The van der Waals surface area contributed by atoms with Crippen LogP contribution in [0.15, 0.2) is 53.5 Å². The van der Waals surface area contributed by atoms with Crippen LogP contribution in [-0.4, -0.2) is 38.7 Å². The number of carbonyl (C=O) groups is 1. The van der Waals surface area contributed by atoms with Gasteiger partial charge in [0.15, 0.2) is 5.82 Å². The van der Waals surface area contributed by atoms with E-state index >= 15 is 0 Å². The molecule has 2 aromatic heterocycles. The number of likely N-dealkylation sites (tertiary alicyclic amines) is 1. The van der Waals surface area contributed by atoms with E-state index in [4.69, 9.17) is 0 Å². The van der Waals surface area contributed by atoms with Gasteiger partial charge < -0.3 is 9.47 Å². The Labute approximate surface area is 144 Å². The molecule has 0 saturated carbocycles. The highest BCUT2D eigenvalue weighted by Crippen LogP contribution is 2.27. The molecule has 1 atom stereocenters. The lowest BCUT2D eigenvalue weighted by Gasteiger charge is -2.17. The number of benzene rings is 1. The fraction of sp³-hybridized carbons (Fsp3) is 0.278. The molecule has 3 aromatic rings. The van der Waals surface area contributed by atoms with Crippen LogP contribution in [0.5, 0.6) is 0 Å². The Hall–Kier alpha value is -2.47. The maximum atomic E-state index is 12.5. The summed E-state index contributed by atoms with van der Waals surface area (Å²) in [4.78, 5) is 14.4. The second-order valence-electron chi connectivity index (χ2n) is 6.02. The van der Waals surface area contributed by atoms with Crippen molar-refractivity contribution < 1.29 is 4.79 Å². The van der Waals surface area contributed by atoms with Gasteiger partial charge in [-0.3, -0.25) is 4.79 Å². The number of rotatable bonds is 4. The van der Waals surface area contributed by atoms with Crippen LogP contribution in [0.25, 0.3) is 11.4 Å². The van der Waals surface area contributed by atoms with E-state index in [-0.39, 0.29) is 11.9 Å². The van der Waals surface area contributed by atoms with Gasteiger partial charge in [-0.1, -0.05) is 30.3 Å². The predicted molar refractivity (Wildman–Crippen MR) is 93.7 cm³/mol. The lowest BCUT2D eigenvalue weighted by Crippen LogP contribution is -2.30. The lowest BCUT2D eigenvalue weighted by atomic mass is 10.2. The number of carbonyl (C=O) groups excluding carboxylic acids is 1. The Bertz CT molecular complexity index is 813. The largest absolute Gasteiger partial charge is 0.340 e. The number of hydrogen-bond donors (Lipinski definition) is 0. The van der Waals surface area contributed by atoms with Crippen molar-refractivity contribution in [3.8, 4) is 11.4 Å². The van der Waals surface area contributed by atoms with E-state index in [9.17, 15) is 4.79 Å². The highest BCUT2D eigenvalue weighted by molar-refractivity contribution is 7.08. The van der Waals surface area contributed by atoms with E-state index in [0.717, 1.165) is 36.5 Å². The van der Waals surface area contributed by atoms with Crippen LogP contribution < -0.4 is 0 Å². The van der Waals surface area contributed by atoms with E-state index < -0.39 is 0 Å². The summed E-state index contributed by atoms with van der Waals surface area (Å²) in [5.74, 6) is 1.07. The Morgan fingerprint density at radius 2 is 2.12 bits per heavy atom. The molecule has 1 aliphatic rings. The van der Waals surface area contributed by atoms with Crippen molar-refractivity contribution in [2.24, 2.45) is 0 Å². The van der Waals surface area contributed by atoms with Crippen LogP contribution in [0.3, 0.4) is 0 Å². The first-order chi connectivity index (χ1) is 11.8. The maximum absolute atomic E-state index is 12.5. The molecule has 4 rings (SSSR count). The SMILES string of the molecule is O=C(Cc1ccsc1)N1CCC(n2cnnc2-c2ccccc2)C1. The average molecular weight is 338 g/mol. The summed E-state index contributed by atoms with van der Waals surface area (Å²) in [5.41, 5.74) is 2.15. The molecule has 0 N–H and O–H groups in total.